The van der Waals surface area contributed by atoms with Crippen LogP contribution in [0.15, 0.2) is 0 Å². The highest BCUT2D eigenvalue weighted by molar-refractivity contribution is 4.65. The SMILES string of the molecule is CCCCCCCCOCC(O)CNCCC(C)(C)C. The number of rotatable bonds is 13. The number of unbranched alkanes of at least 4 members (excludes halogenated alkanes) is 5. The van der Waals surface area contributed by atoms with Crippen LogP contribution < -0.4 is 5.32 Å². The van der Waals surface area contributed by atoms with E-state index >= 15 is 0 Å². The first-order valence-electron chi connectivity index (χ1n) is 8.42. The van der Waals surface area contributed by atoms with Gasteiger partial charge in [-0.05, 0) is 24.8 Å². The molecule has 3 heteroatoms. The summed E-state index contributed by atoms with van der Waals surface area (Å²) in [5.74, 6) is 0. The van der Waals surface area contributed by atoms with Gasteiger partial charge in [-0.2, -0.15) is 0 Å². The lowest BCUT2D eigenvalue weighted by atomic mass is 9.92. The Morgan fingerprint density at radius 2 is 1.70 bits per heavy atom. The predicted molar refractivity (Wildman–Crippen MR) is 87.1 cm³/mol. The summed E-state index contributed by atoms with van der Waals surface area (Å²) in [6, 6.07) is 0. The van der Waals surface area contributed by atoms with Gasteiger partial charge in [0.2, 0.25) is 0 Å². The number of hydrogen-bond acceptors (Lipinski definition) is 3. The molecule has 0 saturated heterocycles. The zero-order valence-electron chi connectivity index (χ0n) is 14.2. The monoisotopic (exact) mass is 287 g/mol. The fraction of sp³-hybridized carbons (Fsp3) is 1.00. The van der Waals surface area contributed by atoms with Crippen molar-refractivity contribution in [1.29, 1.82) is 0 Å². The van der Waals surface area contributed by atoms with Crippen LogP contribution in [0, 0.1) is 5.41 Å². The molecule has 0 spiro atoms. The Morgan fingerprint density at radius 1 is 1.05 bits per heavy atom. The lowest BCUT2D eigenvalue weighted by molar-refractivity contribution is 0.0352. The maximum absolute atomic E-state index is 9.76. The number of hydrogen-bond donors (Lipinski definition) is 2. The molecule has 0 radical (unpaired) electrons. The van der Waals surface area contributed by atoms with Crippen LogP contribution in [0.2, 0.25) is 0 Å². The number of aliphatic hydroxyl groups is 1. The smallest absolute Gasteiger partial charge is 0.0897 e. The minimum absolute atomic E-state index is 0.353. The Hall–Kier alpha value is -0.120. The normalized spacial score (nSPS) is 13.7. The van der Waals surface area contributed by atoms with Crippen molar-refractivity contribution in [3.05, 3.63) is 0 Å². The predicted octanol–water partition coefficient (Wildman–Crippen LogP) is 3.75. The number of nitrogens with one attached hydrogen (secondary N) is 1. The van der Waals surface area contributed by atoms with E-state index in [9.17, 15) is 5.11 Å². The second-order valence-corrected chi connectivity index (χ2v) is 7.01. The molecule has 0 aliphatic rings. The van der Waals surface area contributed by atoms with Crippen LogP contribution in [0.4, 0.5) is 0 Å². The van der Waals surface area contributed by atoms with Crippen LogP contribution in [0.3, 0.4) is 0 Å². The lowest BCUT2D eigenvalue weighted by Crippen LogP contribution is -2.32. The molecule has 0 bridgehead atoms. The van der Waals surface area contributed by atoms with Crippen LogP contribution in [-0.4, -0.2) is 37.5 Å². The first-order chi connectivity index (χ1) is 9.45. The van der Waals surface area contributed by atoms with Gasteiger partial charge < -0.3 is 15.2 Å². The van der Waals surface area contributed by atoms with E-state index in [1.54, 1.807) is 0 Å². The average molecular weight is 287 g/mol. The van der Waals surface area contributed by atoms with Crippen LogP contribution in [0.1, 0.15) is 72.6 Å². The summed E-state index contributed by atoms with van der Waals surface area (Å²) < 4.78 is 5.51. The largest absolute Gasteiger partial charge is 0.389 e. The van der Waals surface area contributed by atoms with Crippen molar-refractivity contribution >= 4 is 0 Å². The molecule has 0 aliphatic carbocycles. The molecule has 1 atom stereocenters. The third-order valence-electron chi connectivity index (χ3n) is 3.38. The Bertz CT molecular complexity index is 202. The summed E-state index contributed by atoms with van der Waals surface area (Å²) in [7, 11) is 0. The summed E-state index contributed by atoms with van der Waals surface area (Å²) in [5.41, 5.74) is 0.353. The van der Waals surface area contributed by atoms with Gasteiger partial charge in [0, 0.05) is 13.2 Å². The third-order valence-corrected chi connectivity index (χ3v) is 3.38. The van der Waals surface area contributed by atoms with E-state index in [0.29, 0.717) is 18.6 Å². The van der Waals surface area contributed by atoms with Crippen LogP contribution in [0.5, 0.6) is 0 Å². The molecule has 0 aromatic carbocycles. The van der Waals surface area contributed by atoms with E-state index in [4.69, 9.17) is 4.74 Å². The second kappa shape index (κ2) is 12.6. The van der Waals surface area contributed by atoms with Crippen molar-refractivity contribution in [3.63, 3.8) is 0 Å². The molecule has 0 heterocycles. The molecule has 2 N–H and O–H groups in total. The third kappa shape index (κ3) is 15.9. The van der Waals surface area contributed by atoms with E-state index in [1.807, 2.05) is 0 Å². The molecule has 20 heavy (non-hydrogen) atoms. The number of aliphatic hydroxyl groups excluding tert-OH is 1. The Kier molecular flexibility index (Phi) is 12.5. The van der Waals surface area contributed by atoms with Gasteiger partial charge >= 0.3 is 0 Å². The highest BCUT2D eigenvalue weighted by Crippen LogP contribution is 2.16. The lowest BCUT2D eigenvalue weighted by Gasteiger charge is -2.19. The average Bonchev–Trinajstić information content (AvgIpc) is 2.37. The standard InChI is InChI=1S/C17H37NO2/c1-5-6-7-8-9-10-13-20-15-16(19)14-18-12-11-17(2,3)4/h16,18-19H,5-15H2,1-4H3. The minimum Gasteiger partial charge on any atom is -0.389 e. The first-order valence-corrected chi connectivity index (χ1v) is 8.42. The highest BCUT2D eigenvalue weighted by Gasteiger charge is 2.10. The molecular weight excluding hydrogens is 250 g/mol. The van der Waals surface area contributed by atoms with Crippen molar-refractivity contribution in [2.24, 2.45) is 5.41 Å². The van der Waals surface area contributed by atoms with Gasteiger partial charge in [0.25, 0.3) is 0 Å². The molecule has 0 fully saturated rings. The van der Waals surface area contributed by atoms with Crippen molar-refractivity contribution < 1.29 is 9.84 Å². The molecule has 3 nitrogen and oxygen atoms in total. The van der Waals surface area contributed by atoms with Gasteiger partial charge in [-0.3, -0.25) is 0 Å². The van der Waals surface area contributed by atoms with E-state index in [-0.39, 0.29) is 6.10 Å². The van der Waals surface area contributed by atoms with E-state index in [1.165, 1.54) is 32.1 Å². The van der Waals surface area contributed by atoms with E-state index in [0.717, 1.165) is 26.0 Å². The summed E-state index contributed by atoms with van der Waals surface area (Å²) in [4.78, 5) is 0. The fourth-order valence-electron chi connectivity index (χ4n) is 1.99. The molecule has 0 saturated carbocycles. The number of ether oxygens (including phenoxy) is 1. The van der Waals surface area contributed by atoms with Gasteiger partial charge in [-0.15, -0.1) is 0 Å². The minimum atomic E-state index is -0.380. The van der Waals surface area contributed by atoms with Crippen LogP contribution in [-0.2, 0) is 4.74 Å². The maximum atomic E-state index is 9.76. The summed E-state index contributed by atoms with van der Waals surface area (Å²) in [5, 5.41) is 13.1. The first kappa shape index (κ1) is 19.9. The van der Waals surface area contributed by atoms with Crippen molar-refractivity contribution in [2.45, 2.75) is 78.7 Å². The molecule has 0 rings (SSSR count). The molecule has 0 aromatic heterocycles. The van der Waals surface area contributed by atoms with Gasteiger partial charge in [0.15, 0.2) is 0 Å². The molecule has 122 valence electrons. The van der Waals surface area contributed by atoms with Gasteiger partial charge in [-0.25, -0.2) is 0 Å². The molecule has 1 unspecified atom stereocenters. The Balaban J connectivity index is 3.22. The van der Waals surface area contributed by atoms with Gasteiger partial charge in [0.1, 0.15) is 0 Å². The van der Waals surface area contributed by atoms with Gasteiger partial charge in [0.05, 0.1) is 12.7 Å². The Labute approximate surface area is 126 Å². The van der Waals surface area contributed by atoms with Crippen LogP contribution in [0.25, 0.3) is 0 Å². The maximum Gasteiger partial charge on any atom is 0.0897 e. The molecule has 0 aromatic rings. The molecule has 0 aliphatic heterocycles. The highest BCUT2D eigenvalue weighted by atomic mass is 16.5. The topological polar surface area (TPSA) is 41.5 Å². The molecular formula is C17H37NO2. The van der Waals surface area contributed by atoms with Crippen molar-refractivity contribution in [2.75, 3.05) is 26.3 Å². The van der Waals surface area contributed by atoms with E-state index < -0.39 is 0 Å². The Morgan fingerprint density at radius 3 is 2.35 bits per heavy atom. The van der Waals surface area contributed by atoms with Crippen molar-refractivity contribution in [1.82, 2.24) is 5.32 Å². The summed E-state index contributed by atoms with van der Waals surface area (Å²) >= 11 is 0. The summed E-state index contributed by atoms with van der Waals surface area (Å²) in [6.07, 6.45) is 8.41. The summed E-state index contributed by atoms with van der Waals surface area (Å²) in [6.45, 7) is 11.8. The van der Waals surface area contributed by atoms with E-state index in [2.05, 4.69) is 33.0 Å². The second-order valence-electron chi connectivity index (χ2n) is 7.01. The molecule has 0 amide bonds. The fourth-order valence-corrected chi connectivity index (χ4v) is 1.99. The zero-order chi connectivity index (χ0) is 15.3. The zero-order valence-corrected chi connectivity index (χ0v) is 14.2. The van der Waals surface area contributed by atoms with Gasteiger partial charge in [-0.1, -0.05) is 59.8 Å². The van der Waals surface area contributed by atoms with Crippen molar-refractivity contribution in [3.8, 4) is 0 Å². The quantitative estimate of drug-likeness (QED) is 0.507. The van der Waals surface area contributed by atoms with Crippen LogP contribution >= 0.6 is 0 Å².